The van der Waals surface area contributed by atoms with Crippen molar-refractivity contribution in [2.75, 3.05) is 31.1 Å². The van der Waals surface area contributed by atoms with Crippen molar-refractivity contribution >= 4 is 17.8 Å². The van der Waals surface area contributed by atoms with Crippen molar-refractivity contribution in [2.24, 2.45) is 0 Å². The first-order valence-corrected chi connectivity index (χ1v) is 7.26. The molecule has 8 heteroatoms. The summed E-state index contributed by atoms with van der Waals surface area (Å²) in [4.78, 5) is 21.6. The third kappa shape index (κ3) is 6.19. The predicted octanol–water partition coefficient (Wildman–Crippen LogP) is 2.10. The summed E-state index contributed by atoms with van der Waals surface area (Å²) in [6.07, 6.45) is 0. The number of rotatable bonds is 3. The second-order valence-electron chi connectivity index (χ2n) is 5.93. The monoisotopic (exact) mass is 327 g/mol. The van der Waals surface area contributed by atoms with E-state index < -0.39 is 16.4 Å². The lowest BCUT2D eigenvalue weighted by Crippen LogP contribution is -2.43. The Labute approximate surface area is 134 Å². The van der Waals surface area contributed by atoms with E-state index in [4.69, 9.17) is 0 Å². The average molecular weight is 327 g/mol. The summed E-state index contributed by atoms with van der Waals surface area (Å²) in [6, 6.07) is 4.20. The number of nitro benzene ring substituents is 1. The zero-order chi connectivity index (χ0) is 17.5. The lowest BCUT2D eigenvalue weighted by atomic mass is 10.2. The summed E-state index contributed by atoms with van der Waals surface area (Å²) < 4.78 is 17.9. The van der Waals surface area contributed by atoms with Gasteiger partial charge in [-0.05, 0) is 32.9 Å². The lowest BCUT2D eigenvalue weighted by Gasteiger charge is -2.28. The standard InChI is InChI=1S/C10H12FN3O2.C5H10O2/c11-8-2-1-3-9(10(8)14(15)16)13-6-4-12-5-7-13;1-5(2,3)7-4-6/h1-3,12H,4-7H2;4H,1-3H3. The maximum absolute atomic E-state index is 13.4. The van der Waals surface area contributed by atoms with Crippen molar-refractivity contribution in [3.05, 3.63) is 34.1 Å². The number of hydrogen-bond donors (Lipinski definition) is 1. The van der Waals surface area contributed by atoms with Crippen LogP contribution < -0.4 is 10.2 Å². The fraction of sp³-hybridized carbons (Fsp3) is 0.533. The van der Waals surface area contributed by atoms with Crippen LogP contribution in [-0.4, -0.2) is 43.2 Å². The Morgan fingerprint density at radius 1 is 1.35 bits per heavy atom. The van der Waals surface area contributed by atoms with E-state index in [1.54, 1.807) is 6.07 Å². The van der Waals surface area contributed by atoms with Gasteiger partial charge in [-0.15, -0.1) is 0 Å². The summed E-state index contributed by atoms with van der Waals surface area (Å²) in [7, 11) is 0. The zero-order valence-electron chi connectivity index (χ0n) is 13.5. The smallest absolute Gasteiger partial charge is 0.327 e. The van der Waals surface area contributed by atoms with E-state index in [0.717, 1.165) is 19.2 Å². The molecular formula is C15H22FN3O4. The van der Waals surface area contributed by atoms with E-state index in [9.17, 15) is 19.3 Å². The molecule has 0 saturated carbocycles. The highest BCUT2D eigenvalue weighted by atomic mass is 19.1. The van der Waals surface area contributed by atoms with Crippen molar-refractivity contribution in [2.45, 2.75) is 26.4 Å². The van der Waals surface area contributed by atoms with E-state index in [1.165, 1.54) is 6.07 Å². The van der Waals surface area contributed by atoms with Crippen molar-refractivity contribution in [1.29, 1.82) is 0 Å². The highest BCUT2D eigenvalue weighted by molar-refractivity contribution is 5.64. The van der Waals surface area contributed by atoms with Crippen molar-refractivity contribution < 1.29 is 18.8 Å². The minimum atomic E-state index is -0.777. The van der Waals surface area contributed by atoms with Gasteiger partial charge >= 0.3 is 5.69 Å². The van der Waals surface area contributed by atoms with Gasteiger partial charge in [-0.1, -0.05) is 6.07 Å². The molecule has 0 aromatic heterocycles. The molecule has 0 radical (unpaired) electrons. The highest BCUT2D eigenvalue weighted by Gasteiger charge is 2.24. The van der Waals surface area contributed by atoms with Crippen LogP contribution in [0.3, 0.4) is 0 Å². The molecule has 2 rings (SSSR count). The number of anilines is 1. The number of hydrogen-bond acceptors (Lipinski definition) is 6. The fourth-order valence-electron chi connectivity index (χ4n) is 1.99. The second-order valence-corrected chi connectivity index (χ2v) is 5.93. The Morgan fingerprint density at radius 3 is 2.39 bits per heavy atom. The summed E-state index contributed by atoms with van der Waals surface area (Å²) in [5.41, 5.74) is -0.377. The first kappa shape index (κ1) is 18.8. The van der Waals surface area contributed by atoms with E-state index in [-0.39, 0.29) is 5.60 Å². The van der Waals surface area contributed by atoms with Crippen LogP contribution in [-0.2, 0) is 9.53 Å². The topological polar surface area (TPSA) is 84.7 Å². The second kappa shape index (κ2) is 8.42. The summed E-state index contributed by atoms with van der Waals surface area (Å²) in [6.45, 7) is 8.75. The number of para-hydroxylation sites is 1. The van der Waals surface area contributed by atoms with Crippen LogP contribution in [0.25, 0.3) is 0 Å². The molecule has 128 valence electrons. The lowest BCUT2D eigenvalue weighted by molar-refractivity contribution is -0.386. The molecule has 0 bridgehead atoms. The van der Waals surface area contributed by atoms with Gasteiger partial charge in [-0.2, -0.15) is 4.39 Å². The molecule has 1 aliphatic heterocycles. The molecule has 1 aliphatic rings. The maximum atomic E-state index is 13.4. The van der Waals surface area contributed by atoms with Crippen LogP contribution in [0.1, 0.15) is 20.8 Å². The van der Waals surface area contributed by atoms with Crippen LogP contribution in [0.15, 0.2) is 18.2 Å². The Kier molecular flexibility index (Phi) is 6.89. The predicted molar refractivity (Wildman–Crippen MR) is 85.0 cm³/mol. The molecule has 0 amide bonds. The molecule has 1 fully saturated rings. The van der Waals surface area contributed by atoms with Gasteiger partial charge in [0.05, 0.1) is 4.92 Å². The van der Waals surface area contributed by atoms with E-state index in [1.807, 2.05) is 25.7 Å². The van der Waals surface area contributed by atoms with Crippen LogP contribution >= 0.6 is 0 Å². The number of nitrogens with zero attached hydrogens (tertiary/aromatic N) is 2. The number of carbonyl (C=O) groups is 1. The van der Waals surface area contributed by atoms with Gasteiger partial charge in [0.1, 0.15) is 11.3 Å². The molecule has 1 N–H and O–H groups in total. The Bertz CT molecular complexity index is 540. The molecule has 1 heterocycles. The Balaban J connectivity index is 0.000000322. The SMILES string of the molecule is CC(C)(C)OC=O.O=[N+]([O-])c1c(F)cccc1N1CCNCC1. The number of halogens is 1. The highest BCUT2D eigenvalue weighted by Crippen LogP contribution is 2.30. The minimum Gasteiger partial charge on any atom is -0.462 e. The van der Waals surface area contributed by atoms with Crippen LogP contribution in [0.2, 0.25) is 0 Å². The quantitative estimate of drug-likeness (QED) is 0.520. The van der Waals surface area contributed by atoms with Gasteiger partial charge in [0, 0.05) is 26.2 Å². The summed E-state index contributed by atoms with van der Waals surface area (Å²) >= 11 is 0. The van der Waals surface area contributed by atoms with Gasteiger partial charge in [0.25, 0.3) is 6.47 Å². The van der Waals surface area contributed by atoms with Crippen LogP contribution in [0.4, 0.5) is 15.8 Å². The summed E-state index contributed by atoms with van der Waals surface area (Å²) in [5, 5.41) is 14.0. The van der Waals surface area contributed by atoms with Gasteiger partial charge in [0.2, 0.25) is 5.82 Å². The van der Waals surface area contributed by atoms with Crippen molar-refractivity contribution in [1.82, 2.24) is 5.32 Å². The van der Waals surface area contributed by atoms with E-state index in [2.05, 4.69) is 10.1 Å². The Hall–Kier alpha value is -2.22. The van der Waals surface area contributed by atoms with E-state index >= 15 is 0 Å². The summed E-state index contributed by atoms with van der Waals surface area (Å²) in [5.74, 6) is -0.777. The first-order chi connectivity index (χ1) is 10.8. The largest absolute Gasteiger partial charge is 0.462 e. The molecule has 0 aliphatic carbocycles. The fourth-order valence-corrected chi connectivity index (χ4v) is 1.99. The van der Waals surface area contributed by atoms with Gasteiger partial charge in [-0.3, -0.25) is 14.9 Å². The molecule has 7 nitrogen and oxygen atoms in total. The molecule has 1 saturated heterocycles. The molecule has 1 aromatic rings. The number of benzene rings is 1. The van der Waals surface area contributed by atoms with Crippen LogP contribution in [0.5, 0.6) is 0 Å². The van der Waals surface area contributed by atoms with Gasteiger partial charge in [0.15, 0.2) is 0 Å². The van der Waals surface area contributed by atoms with E-state index in [0.29, 0.717) is 25.2 Å². The number of nitro groups is 1. The number of carbonyl (C=O) groups excluding carboxylic acids is 1. The number of nitrogens with one attached hydrogen (secondary N) is 1. The van der Waals surface area contributed by atoms with Gasteiger partial charge in [-0.25, -0.2) is 0 Å². The Morgan fingerprint density at radius 2 is 1.96 bits per heavy atom. The number of piperazine rings is 1. The third-order valence-electron chi connectivity index (χ3n) is 3.01. The average Bonchev–Trinajstić information content (AvgIpc) is 2.47. The molecule has 0 atom stereocenters. The van der Waals surface area contributed by atoms with Crippen molar-refractivity contribution in [3.63, 3.8) is 0 Å². The van der Waals surface area contributed by atoms with Gasteiger partial charge < -0.3 is 15.0 Å². The zero-order valence-corrected chi connectivity index (χ0v) is 13.5. The van der Waals surface area contributed by atoms with Crippen LogP contribution in [0, 0.1) is 15.9 Å². The minimum absolute atomic E-state index is 0.318. The maximum Gasteiger partial charge on any atom is 0.327 e. The first-order valence-electron chi connectivity index (χ1n) is 7.26. The molecular weight excluding hydrogens is 305 g/mol. The molecule has 0 unspecified atom stereocenters. The normalized spacial score (nSPS) is 14.5. The van der Waals surface area contributed by atoms with Crippen molar-refractivity contribution in [3.8, 4) is 0 Å². The number of ether oxygens (including phenoxy) is 1. The molecule has 23 heavy (non-hydrogen) atoms. The molecule has 1 aromatic carbocycles. The molecule has 0 spiro atoms. The third-order valence-corrected chi connectivity index (χ3v) is 3.01.